The summed E-state index contributed by atoms with van der Waals surface area (Å²) < 4.78 is 34.3. The summed E-state index contributed by atoms with van der Waals surface area (Å²) in [4.78, 5) is 13.1. The summed E-state index contributed by atoms with van der Waals surface area (Å²) in [5, 5.41) is 72.2. The first kappa shape index (κ1) is 65.8. The van der Waals surface area contributed by atoms with Gasteiger partial charge in [-0.15, -0.1) is 0 Å². The molecule has 420 valence electrons. The minimum Gasteiger partial charge on any atom is -0.457 e. The summed E-state index contributed by atoms with van der Waals surface area (Å²) in [6, 6.07) is 0. The van der Waals surface area contributed by atoms with Crippen molar-refractivity contribution in [1.82, 2.24) is 0 Å². The number of allylic oxidation sites excluding steroid dienone is 2. The van der Waals surface area contributed by atoms with E-state index in [2.05, 4.69) is 26.0 Å². The van der Waals surface area contributed by atoms with Crippen molar-refractivity contribution in [2.24, 2.45) is 0 Å². The van der Waals surface area contributed by atoms with Gasteiger partial charge in [-0.05, 0) is 32.1 Å². The Bertz CT molecular complexity index is 1230. The van der Waals surface area contributed by atoms with Crippen molar-refractivity contribution in [3.63, 3.8) is 0 Å². The van der Waals surface area contributed by atoms with Crippen molar-refractivity contribution >= 4 is 5.97 Å². The Morgan fingerprint density at radius 1 is 0.451 bits per heavy atom. The smallest absolute Gasteiger partial charge is 0.306 e. The second-order valence-corrected chi connectivity index (χ2v) is 20.8. The Kier molecular flexibility index (Phi) is 41.7. The maximum atomic E-state index is 13.1. The third-order valence-electron chi connectivity index (χ3n) is 14.3. The van der Waals surface area contributed by atoms with Crippen molar-refractivity contribution in [2.45, 2.75) is 313 Å². The molecule has 0 saturated carbocycles. The van der Waals surface area contributed by atoms with Crippen LogP contribution in [0.25, 0.3) is 0 Å². The molecule has 7 N–H and O–H groups in total. The highest BCUT2D eigenvalue weighted by atomic mass is 16.7. The molecule has 2 aliphatic heterocycles. The van der Waals surface area contributed by atoms with Crippen molar-refractivity contribution in [2.75, 3.05) is 33.0 Å². The third kappa shape index (κ3) is 32.0. The van der Waals surface area contributed by atoms with E-state index in [1.165, 1.54) is 173 Å². The zero-order chi connectivity index (χ0) is 51.6. The Balaban J connectivity index is 1.66. The van der Waals surface area contributed by atoms with Gasteiger partial charge in [-0.3, -0.25) is 4.79 Å². The Morgan fingerprint density at radius 2 is 0.845 bits per heavy atom. The van der Waals surface area contributed by atoms with Crippen LogP contribution in [0.1, 0.15) is 245 Å². The van der Waals surface area contributed by atoms with Crippen LogP contribution in [0.15, 0.2) is 12.2 Å². The number of hydrogen-bond acceptors (Lipinski definition) is 14. The van der Waals surface area contributed by atoms with Crippen molar-refractivity contribution in [3.05, 3.63) is 12.2 Å². The normalized spacial score (nSPS) is 25.3. The largest absolute Gasteiger partial charge is 0.457 e. The van der Waals surface area contributed by atoms with E-state index in [-0.39, 0.29) is 25.6 Å². The molecule has 2 aliphatic rings. The van der Waals surface area contributed by atoms with Gasteiger partial charge in [0.05, 0.1) is 26.4 Å². The van der Waals surface area contributed by atoms with Gasteiger partial charge in [0.2, 0.25) is 0 Å². The Labute approximate surface area is 431 Å². The number of carbonyl (C=O) groups excluding carboxylic acids is 1. The Morgan fingerprint density at radius 3 is 1.32 bits per heavy atom. The molecule has 0 aromatic heterocycles. The summed E-state index contributed by atoms with van der Waals surface area (Å²) >= 11 is 0. The summed E-state index contributed by atoms with van der Waals surface area (Å²) in [7, 11) is 0. The van der Waals surface area contributed by atoms with Crippen LogP contribution in [0.4, 0.5) is 0 Å². The van der Waals surface area contributed by atoms with Crippen LogP contribution in [0, 0.1) is 0 Å². The SMILES string of the molecule is CCCC/C=C\CCCCCCCCOCC(COC1OC(COC2OC(CO)C(O)C(O)C2O)C(O)C(O)C1O)OC(=O)CCCCCCCCCCCCCCCCCCCCCCCCCCC. The van der Waals surface area contributed by atoms with Crippen LogP contribution < -0.4 is 0 Å². The minimum absolute atomic E-state index is 0.0627. The standard InChI is InChI=1S/C57H108O14/c1-3-5-7-9-11-13-15-17-18-19-20-21-22-23-24-25-26-27-28-29-30-32-34-36-38-40-49(59)69-46(43-66-41-39-37-35-33-31-16-14-12-10-8-6-4-2)44-67-56-55(65)53(63)51(61)48(71-56)45-68-57-54(64)52(62)50(60)47(42-58)70-57/h10,12,46-48,50-58,60-65H,3-9,11,13-45H2,1-2H3/b12-10-. The van der Waals surface area contributed by atoms with Crippen LogP contribution in [-0.4, -0.2) is 142 Å². The maximum Gasteiger partial charge on any atom is 0.306 e. The first-order valence-electron chi connectivity index (χ1n) is 29.3. The number of unbranched alkanes of at least 4 members (excludes halogenated alkanes) is 32. The molecule has 0 bridgehead atoms. The fourth-order valence-electron chi connectivity index (χ4n) is 9.50. The molecule has 0 aliphatic carbocycles. The molecule has 11 atom stereocenters. The number of rotatable bonds is 48. The van der Waals surface area contributed by atoms with Crippen molar-refractivity contribution in [3.8, 4) is 0 Å². The number of hydrogen-bond donors (Lipinski definition) is 7. The first-order chi connectivity index (χ1) is 34.6. The maximum absolute atomic E-state index is 13.1. The zero-order valence-electron chi connectivity index (χ0n) is 45.0. The molecule has 14 heteroatoms. The minimum atomic E-state index is -1.70. The quantitative estimate of drug-likeness (QED) is 0.0172. The molecule has 11 unspecified atom stereocenters. The van der Waals surface area contributed by atoms with Crippen LogP contribution >= 0.6 is 0 Å². The van der Waals surface area contributed by atoms with E-state index in [1.54, 1.807) is 0 Å². The molecule has 0 radical (unpaired) electrons. The lowest BCUT2D eigenvalue weighted by atomic mass is 9.98. The van der Waals surface area contributed by atoms with E-state index in [9.17, 15) is 40.5 Å². The average molecular weight is 1020 g/mol. The van der Waals surface area contributed by atoms with Crippen LogP contribution in [0.2, 0.25) is 0 Å². The highest BCUT2D eigenvalue weighted by Crippen LogP contribution is 2.27. The van der Waals surface area contributed by atoms with Crippen molar-refractivity contribution in [1.29, 1.82) is 0 Å². The fourth-order valence-corrected chi connectivity index (χ4v) is 9.50. The van der Waals surface area contributed by atoms with E-state index < -0.39 is 80.7 Å². The number of carbonyl (C=O) groups is 1. The molecule has 2 fully saturated rings. The Hall–Kier alpha value is -1.27. The van der Waals surface area contributed by atoms with Gasteiger partial charge in [0.1, 0.15) is 54.9 Å². The molecule has 2 rings (SSSR count). The van der Waals surface area contributed by atoms with Gasteiger partial charge in [0.25, 0.3) is 0 Å². The lowest BCUT2D eigenvalue weighted by Crippen LogP contribution is -2.61. The van der Waals surface area contributed by atoms with E-state index in [4.69, 9.17) is 28.4 Å². The van der Waals surface area contributed by atoms with Gasteiger partial charge < -0.3 is 64.2 Å². The average Bonchev–Trinajstić information content (AvgIpc) is 3.37. The topological polar surface area (TPSA) is 214 Å². The monoisotopic (exact) mass is 1020 g/mol. The molecule has 14 nitrogen and oxygen atoms in total. The number of ether oxygens (including phenoxy) is 6. The third-order valence-corrected chi connectivity index (χ3v) is 14.3. The molecule has 2 heterocycles. The lowest BCUT2D eigenvalue weighted by molar-refractivity contribution is -0.332. The molecule has 0 aromatic carbocycles. The van der Waals surface area contributed by atoms with E-state index in [1.807, 2.05) is 0 Å². The van der Waals surface area contributed by atoms with Gasteiger partial charge in [-0.1, -0.05) is 219 Å². The second-order valence-electron chi connectivity index (χ2n) is 20.8. The number of aliphatic hydroxyl groups is 7. The highest BCUT2D eigenvalue weighted by Gasteiger charge is 2.47. The van der Waals surface area contributed by atoms with Gasteiger partial charge in [0, 0.05) is 13.0 Å². The molecule has 0 spiro atoms. The second kappa shape index (κ2) is 45.0. The molecule has 0 amide bonds. The van der Waals surface area contributed by atoms with Gasteiger partial charge in [-0.25, -0.2) is 0 Å². The summed E-state index contributed by atoms with van der Waals surface area (Å²) in [5.41, 5.74) is 0. The van der Waals surface area contributed by atoms with E-state index in [0.29, 0.717) is 13.0 Å². The number of aliphatic hydroxyl groups excluding tert-OH is 7. The summed E-state index contributed by atoms with van der Waals surface area (Å²) in [6.45, 7) is 3.69. The zero-order valence-corrected chi connectivity index (χ0v) is 45.0. The molecule has 71 heavy (non-hydrogen) atoms. The van der Waals surface area contributed by atoms with Crippen LogP contribution in [0.5, 0.6) is 0 Å². The van der Waals surface area contributed by atoms with Crippen LogP contribution in [0.3, 0.4) is 0 Å². The van der Waals surface area contributed by atoms with E-state index in [0.717, 1.165) is 44.9 Å². The fraction of sp³-hybridized carbons (Fsp3) is 0.947. The summed E-state index contributed by atoms with van der Waals surface area (Å²) in [6.07, 6.45) is 32.9. The predicted molar refractivity (Wildman–Crippen MR) is 280 cm³/mol. The molecular weight excluding hydrogens is 909 g/mol. The lowest BCUT2D eigenvalue weighted by Gasteiger charge is -2.42. The van der Waals surface area contributed by atoms with Crippen LogP contribution in [-0.2, 0) is 33.2 Å². The highest BCUT2D eigenvalue weighted by molar-refractivity contribution is 5.69. The molecule has 0 aromatic rings. The first-order valence-corrected chi connectivity index (χ1v) is 29.3. The van der Waals surface area contributed by atoms with Gasteiger partial charge in [0.15, 0.2) is 12.6 Å². The van der Waals surface area contributed by atoms with Crippen molar-refractivity contribution < 1.29 is 69.0 Å². The summed E-state index contributed by atoms with van der Waals surface area (Å²) in [5.74, 6) is -0.372. The predicted octanol–water partition coefficient (Wildman–Crippen LogP) is 10.2. The van der Waals surface area contributed by atoms with Gasteiger partial charge in [-0.2, -0.15) is 0 Å². The van der Waals surface area contributed by atoms with Gasteiger partial charge >= 0.3 is 5.97 Å². The number of esters is 1. The molecular formula is C57H108O14. The molecule has 2 saturated heterocycles. The van der Waals surface area contributed by atoms with E-state index >= 15 is 0 Å².